The van der Waals surface area contributed by atoms with Crippen molar-refractivity contribution in [2.24, 2.45) is 0 Å². The fourth-order valence-electron chi connectivity index (χ4n) is 3.69. The average molecular weight is 366 g/mol. The van der Waals surface area contributed by atoms with E-state index in [-0.39, 0.29) is 5.56 Å². The number of H-pyrrole nitrogens is 1. The van der Waals surface area contributed by atoms with Gasteiger partial charge in [0, 0.05) is 49.9 Å². The molecule has 6 heteroatoms. The van der Waals surface area contributed by atoms with Crippen molar-refractivity contribution >= 4 is 11.0 Å². The molecule has 0 saturated carbocycles. The number of hydrogen-bond acceptors (Lipinski definition) is 4. The number of aromatic nitrogens is 2. The molecule has 2 aromatic heterocycles. The van der Waals surface area contributed by atoms with E-state index in [1.54, 1.807) is 10.6 Å². The molecular weight excluding hydrogens is 340 g/mol. The van der Waals surface area contributed by atoms with Crippen LogP contribution >= 0.6 is 0 Å². The van der Waals surface area contributed by atoms with Gasteiger partial charge in [-0.1, -0.05) is 19.1 Å². The second kappa shape index (κ2) is 7.68. The maximum atomic E-state index is 12.5. The Kier molecular flexibility index (Phi) is 5.11. The van der Waals surface area contributed by atoms with E-state index >= 15 is 0 Å². The third kappa shape index (κ3) is 3.69. The predicted molar refractivity (Wildman–Crippen MR) is 108 cm³/mol. The number of nitrogens with zero attached hydrogens (tertiary/aromatic N) is 2. The van der Waals surface area contributed by atoms with Crippen molar-refractivity contribution in [3.63, 3.8) is 0 Å². The van der Waals surface area contributed by atoms with Crippen molar-refractivity contribution in [1.29, 1.82) is 0 Å². The summed E-state index contributed by atoms with van der Waals surface area (Å²) in [6.07, 6.45) is 0.353. The molecular formula is C21H26N4O2. The number of fused-ring (bicyclic) bond motifs is 1. The number of hydrogen-bond donors (Lipinski definition) is 3. The van der Waals surface area contributed by atoms with Gasteiger partial charge in [0.15, 0.2) is 0 Å². The lowest BCUT2D eigenvalue weighted by Crippen LogP contribution is -2.45. The minimum atomic E-state index is -0.610. The lowest BCUT2D eigenvalue weighted by molar-refractivity contribution is 0.103. The summed E-state index contributed by atoms with van der Waals surface area (Å²) in [5, 5.41) is 14.9. The molecule has 3 N–H and O–H groups in total. The number of piperazine rings is 1. The van der Waals surface area contributed by atoms with Gasteiger partial charge in [-0.25, -0.2) is 0 Å². The molecule has 0 bridgehead atoms. The Labute approximate surface area is 158 Å². The van der Waals surface area contributed by atoms with Crippen molar-refractivity contribution in [2.75, 3.05) is 32.7 Å². The maximum Gasteiger partial charge on any atom is 0.256 e. The molecule has 3 heterocycles. The van der Waals surface area contributed by atoms with Crippen molar-refractivity contribution in [1.82, 2.24) is 19.8 Å². The summed E-state index contributed by atoms with van der Waals surface area (Å²) < 4.78 is 1.68. The fraction of sp³-hybridized carbons (Fsp3) is 0.381. The van der Waals surface area contributed by atoms with Gasteiger partial charge in [-0.3, -0.25) is 14.3 Å². The largest absolute Gasteiger partial charge is 0.386 e. The van der Waals surface area contributed by atoms with Crippen LogP contribution in [0.2, 0.25) is 0 Å². The van der Waals surface area contributed by atoms with E-state index in [9.17, 15) is 9.90 Å². The zero-order valence-electron chi connectivity index (χ0n) is 15.6. The zero-order valence-corrected chi connectivity index (χ0v) is 15.6. The van der Waals surface area contributed by atoms with Gasteiger partial charge in [0.1, 0.15) is 11.8 Å². The lowest BCUT2D eigenvalue weighted by atomic mass is 10.1. The molecule has 142 valence electrons. The van der Waals surface area contributed by atoms with Crippen molar-refractivity contribution in [2.45, 2.75) is 19.4 Å². The molecule has 1 saturated heterocycles. The van der Waals surface area contributed by atoms with Crippen LogP contribution in [-0.4, -0.2) is 52.3 Å². The quantitative estimate of drug-likeness (QED) is 0.644. The number of aryl methyl sites for hydroxylation is 1. The third-order valence-electron chi connectivity index (χ3n) is 5.30. The van der Waals surface area contributed by atoms with Crippen LogP contribution < -0.4 is 10.9 Å². The highest BCUT2D eigenvalue weighted by Crippen LogP contribution is 2.22. The highest BCUT2D eigenvalue weighted by Gasteiger charge is 2.18. The molecule has 0 aliphatic carbocycles. The number of nitrogens with one attached hydrogen (secondary N) is 2. The fourth-order valence-corrected chi connectivity index (χ4v) is 3.69. The van der Waals surface area contributed by atoms with E-state index in [0.29, 0.717) is 6.54 Å². The second-order valence-electron chi connectivity index (χ2n) is 7.12. The van der Waals surface area contributed by atoms with Crippen LogP contribution in [0.4, 0.5) is 0 Å². The van der Waals surface area contributed by atoms with Gasteiger partial charge < -0.3 is 15.4 Å². The Balaban J connectivity index is 1.68. The van der Waals surface area contributed by atoms with Crippen LogP contribution in [0, 0.1) is 0 Å². The van der Waals surface area contributed by atoms with Gasteiger partial charge in [-0.05, 0) is 36.2 Å². The first-order valence-electron chi connectivity index (χ1n) is 9.61. The highest BCUT2D eigenvalue weighted by molar-refractivity contribution is 5.78. The van der Waals surface area contributed by atoms with Crippen LogP contribution in [-0.2, 0) is 6.42 Å². The molecule has 1 atom stereocenters. The Hall–Kier alpha value is -2.41. The van der Waals surface area contributed by atoms with E-state index in [2.05, 4.69) is 22.1 Å². The number of β-amino-alcohol motifs (C(OH)–C–C–N with tert-alkyl or cyclic N) is 1. The molecule has 0 spiro atoms. The molecule has 1 aliphatic heterocycles. The minimum Gasteiger partial charge on any atom is -0.386 e. The first kappa shape index (κ1) is 18.0. The van der Waals surface area contributed by atoms with Gasteiger partial charge in [0.05, 0.1) is 5.69 Å². The molecule has 3 aromatic rings. The molecule has 1 aromatic carbocycles. The summed E-state index contributed by atoms with van der Waals surface area (Å²) >= 11 is 0. The second-order valence-corrected chi connectivity index (χ2v) is 7.12. The average Bonchev–Trinajstić information content (AvgIpc) is 3.13. The Bertz CT molecular complexity index is 968. The van der Waals surface area contributed by atoms with E-state index in [4.69, 9.17) is 0 Å². The number of pyridine rings is 1. The summed E-state index contributed by atoms with van der Waals surface area (Å²) in [7, 11) is 0. The summed E-state index contributed by atoms with van der Waals surface area (Å²) in [6, 6.07) is 13.4. The Morgan fingerprint density at radius 3 is 2.56 bits per heavy atom. The first-order chi connectivity index (χ1) is 13.2. The summed E-state index contributed by atoms with van der Waals surface area (Å²) in [5.41, 5.74) is 3.44. The molecule has 1 unspecified atom stereocenters. The molecule has 1 fully saturated rings. The van der Waals surface area contributed by atoms with Gasteiger partial charge in [0.25, 0.3) is 5.56 Å². The number of benzene rings is 1. The van der Waals surface area contributed by atoms with Crippen LogP contribution in [0.3, 0.4) is 0 Å². The third-order valence-corrected chi connectivity index (χ3v) is 5.30. The van der Waals surface area contributed by atoms with Gasteiger partial charge in [-0.15, -0.1) is 0 Å². The normalized spacial score (nSPS) is 16.7. The summed E-state index contributed by atoms with van der Waals surface area (Å²) in [6.45, 7) is 6.47. The Morgan fingerprint density at radius 2 is 1.85 bits per heavy atom. The topological polar surface area (TPSA) is 73.3 Å². The van der Waals surface area contributed by atoms with Gasteiger partial charge in [-0.2, -0.15) is 0 Å². The molecule has 27 heavy (non-hydrogen) atoms. The highest BCUT2D eigenvalue weighted by atomic mass is 16.3. The lowest BCUT2D eigenvalue weighted by Gasteiger charge is -2.28. The maximum absolute atomic E-state index is 12.5. The van der Waals surface area contributed by atoms with Crippen molar-refractivity contribution < 1.29 is 5.11 Å². The Morgan fingerprint density at radius 1 is 1.11 bits per heavy atom. The number of aliphatic hydroxyl groups is 1. The molecule has 6 nitrogen and oxygen atoms in total. The van der Waals surface area contributed by atoms with Crippen molar-refractivity contribution in [3.8, 4) is 5.69 Å². The van der Waals surface area contributed by atoms with Gasteiger partial charge in [0.2, 0.25) is 0 Å². The number of aliphatic hydroxyl groups excluding tert-OH is 1. The van der Waals surface area contributed by atoms with Crippen LogP contribution in [0.25, 0.3) is 16.7 Å². The molecule has 0 radical (unpaired) electrons. The number of rotatable bonds is 5. The van der Waals surface area contributed by atoms with Crippen LogP contribution in [0.1, 0.15) is 24.3 Å². The molecule has 0 amide bonds. The zero-order chi connectivity index (χ0) is 18.8. The number of aromatic amines is 1. The summed E-state index contributed by atoms with van der Waals surface area (Å²) in [5.74, 6) is 0. The standard InChI is InChI=1S/C21H26N4O2/c1-2-15-3-6-17(7-4-15)25-20(27)8-5-16-13-18(23-21(16)25)19(26)14-24-11-9-22-10-12-24/h3-8,13,19,22-23,26H,2,9-12,14H2,1H3. The minimum absolute atomic E-state index is 0.0863. The monoisotopic (exact) mass is 366 g/mol. The predicted octanol–water partition coefficient (Wildman–Crippen LogP) is 1.82. The van der Waals surface area contributed by atoms with Gasteiger partial charge >= 0.3 is 0 Å². The molecule has 4 rings (SSSR count). The van der Waals surface area contributed by atoms with Crippen LogP contribution in [0.5, 0.6) is 0 Å². The summed E-state index contributed by atoms with van der Waals surface area (Å²) in [4.78, 5) is 18.1. The first-order valence-corrected chi connectivity index (χ1v) is 9.61. The molecule has 1 aliphatic rings. The smallest absolute Gasteiger partial charge is 0.256 e. The van der Waals surface area contributed by atoms with E-state index in [1.165, 1.54) is 5.56 Å². The van der Waals surface area contributed by atoms with Crippen molar-refractivity contribution in [3.05, 3.63) is 64.1 Å². The SMILES string of the molecule is CCc1ccc(-n2c(=O)ccc3cc(C(O)CN4CCNCC4)[nH]c32)cc1. The van der Waals surface area contributed by atoms with E-state index < -0.39 is 6.10 Å². The van der Waals surface area contributed by atoms with Crippen LogP contribution in [0.15, 0.2) is 47.3 Å². The van der Waals surface area contributed by atoms with E-state index in [0.717, 1.165) is 55.0 Å². The van der Waals surface area contributed by atoms with E-state index in [1.807, 2.05) is 36.4 Å².